The SMILES string of the molecule is CCCc1cccc(-c2cnc(-c3cccc(NC(C)=O)c3)[nH]2)c1. The van der Waals surface area contributed by atoms with Gasteiger partial charge >= 0.3 is 0 Å². The third kappa shape index (κ3) is 3.71. The van der Waals surface area contributed by atoms with Crippen molar-refractivity contribution >= 4 is 11.6 Å². The van der Waals surface area contributed by atoms with Crippen LogP contribution in [0.25, 0.3) is 22.6 Å². The lowest BCUT2D eigenvalue weighted by atomic mass is 10.1. The quantitative estimate of drug-likeness (QED) is 0.719. The van der Waals surface area contributed by atoms with Crippen molar-refractivity contribution in [3.05, 3.63) is 60.3 Å². The van der Waals surface area contributed by atoms with Crippen LogP contribution in [0.4, 0.5) is 5.69 Å². The minimum absolute atomic E-state index is 0.0833. The third-order valence-electron chi connectivity index (χ3n) is 3.81. The van der Waals surface area contributed by atoms with Crippen molar-refractivity contribution in [2.45, 2.75) is 26.7 Å². The van der Waals surface area contributed by atoms with E-state index in [1.165, 1.54) is 12.5 Å². The van der Waals surface area contributed by atoms with E-state index in [4.69, 9.17) is 0 Å². The highest BCUT2D eigenvalue weighted by Crippen LogP contribution is 2.25. The maximum Gasteiger partial charge on any atom is 0.221 e. The molecule has 1 amide bonds. The number of anilines is 1. The van der Waals surface area contributed by atoms with Gasteiger partial charge in [0.15, 0.2) is 0 Å². The molecular weight excluding hydrogens is 298 g/mol. The summed E-state index contributed by atoms with van der Waals surface area (Å²) in [7, 11) is 0. The molecule has 0 atom stereocenters. The summed E-state index contributed by atoms with van der Waals surface area (Å²) in [4.78, 5) is 19.1. The van der Waals surface area contributed by atoms with Crippen LogP contribution in [0.2, 0.25) is 0 Å². The van der Waals surface area contributed by atoms with Crippen molar-refractivity contribution in [1.29, 1.82) is 0 Å². The Morgan fingerprint density at radius 3 is 2.71 bits per heavy atom. The zero-order valence-electron chi connectivity index (χ0n) is 14.0. The highest BCUT2D eigenvalue weighted by atomic mass is 16.1. The number of aryl methyl sites for hydroxylation is 1. The number of hydrogen-bond acceptors (Lipinski definition) is 2. The van der Waals surface area contributed by atoms with E-state index in [-0.39, 0.29) is 5.91 Å². The van der Waals surface area contributed by atoms with Crippen molar-refractivity contribution in [3.8, 4) is 22.6 Å². The van der Waals surface area contributed by atoms with Crippen LogP contribution in [0, 0.1) is 0 Å². The molecule has 122 valence electrons. The van der Waals surface area contributed by atoms with Gasteiger partial charge in [-0.3, -0.25) is 4.79 Å². The standard InChI is InChI=1S/C20H21N3O/c1-3-6-15-7-4-8-16(11-15)19-13-21-20(23-19)17-9-5-10-18(12-17)22-14(2)24/h4-5,7-13H,3,6H2,1-2H3,(H,21,23)(H,22,24). The van der Waals surface area contributed by atoms with Crippen molar-refractivity contribution in [1.82, 2.24) is 9.97 Å². The van der Waals surface area contributed by atoms with E-state index in [0.717, 1.165) is 41.2 Å². The summed E-state index contributed by atoms with van der Waals surface area (Å²) in [5.74, 6) is 0.707. The molecular formula is C20H21N3O. The third-order valence-corrected chi connectivity index (χ3v) is 3.81. The molecule has 2 N–H and O–H groups in total. The number of amides is 1. The summed E-state index contributed by atoms with van der Waals surface area (Å²) < 4.78 is 0. The molecule has 4 heteroatoms. The largest absolute Gasteiger partial charge is 0.338 e. The average molecular weight is 319 g/mol. The Morgan fingerprint density at radius 1 is 1.12 bits per heavy atom. The number of rotatable bonds is 5. The highest BCUT2D eigenvalue weighted by molar-refractivity contribution is 5.89. The van der Waals surface area contributed by atoms with E-state index in [1.54, 1.807) is 0 Å². The number of carbonyl (C=O) groups excluding carboxylic acids is 1. The minimum Gasteiger partial charge on any atom is -0.338 e. The first-order valence-electron chi connectivity index (χ1n) is 8.18. The van der Waals surface area contributed by atoms with E-state index in [2.05, 4.69) is 46.5 Å². The lowest BCUT2D eigenvalue weighted by molar-refractivity contribution is -0.114. The molecule has 3 aromatic rings. The van der Waals surface area contributed by atoms with Gasteiger partial charge in [0.25, 0.3) is 0 Å². The average Bonchev–Trinajstić information content (AvgIpc) is 3.05. The predicted molar refractivity (Wildman–Crippen MR) is 97.8 cm³/mol. The zero-order chi connectivity index (χ0) is 16.9. The van der Waals surface area contributed by atoms with E-state index in [9.17, 15) is 4.79 Å². The molecule has 0 radical (unpaired) electrons. The molecule has 0 saturated carbocycles. The van der Waals surface area contributed by atoms with Gasteiger partial charge < -0.3 is 10.3 Å². The molecule has 0 spiro atoms. The number of nitrogens with zero attached hydrogens (tertiary/aromatic N) is 1. The number of H-pyrrole nitrogens is 1. The minimum atomic E-state index is -0.0833. The number of nitrogens with one attached hydrogen (secondary N) is 2. The van der Waals surface area contributed by atoms with Crippen LogP contribution in [-0.4, -0.2) is 15.9 Å². The van der Waals surface area contributed by atoms with Gasteiger partial charge in [-0.05, 0) is 35.7 Å². The Labute approximate surface area is 142 Å². The lowest BCUT2D eigenvalue weighted by Gasteiger charge is -2.04. The van der Waals surface area contributed by atoms with E-state index < -0.39 is 0 Å². The van der Waals surface area contributed by atoms with Gasteiger partial charge in [0, 0.05) is 18.2 Å². The second-order valence-electron chi connectivity index (χ2n) is 5.86. The van der Waals surface area contributed by atoms with Crippen molar-refractivity contribution < 1.29 is 4.79 Å². The van der Waals surface area contributed by atoms with Gasteiger partial charge in [-0.15, -0.1) is 0 Å². The molecule has 4 nitrogen and oxygen atoms in total. The number of hydrogen-bond donors (Lipinski definition) is 2. The van der Waals surface area contributed by atoms with Crippen LogP contribution in [0.3, 0.4) is 0 Å². The van der Waals surface area contributed by atoms with Crippen LogP contribution < -0.4 is 5.32 Å². The first kappa shape index (κ1) is 16.0. The first-order valence-corrected chi connectivity index (χ1v) is 8.18. The predicted octanol–water partition coefficient (Wildman–Crippen LogP) is 4.65. The summed E-state index contributed by atoms with van der Waals surface area (Å²) >= 11 is 0. The Bertz CT molecular complexity index is 851. The zero-order valence-corrected chi connectivity index (χ0v) is 14.0. The van der Waals surface area contributed by atoms with E-state index >= 15 is 0 Å². The molecule has 2 aromatic carbocycles. The van der Waals surface area contributed by atoms with Gasteiger partial charge in [-0.2, -0.15) is 0 Å². The highest BCUT2D eigenvalue weighted by Gasteiger charge is 2.07. The Hall–Kier alpha value is -2.88. The first-order chi connectivity index (χ1) is 11.7. The van der Waals surface area contributed by atoms with Crippen LogP contribution in [0.5, 0.6) is 0 Å². The second-order valence-corrected chi connectivity index (χ2v) is 5.86. The molecule has 24 heavy (non-hydrogen) atoms. The maximum absolute atomic E-state index is 11.2. The van der Waals surface area contributed by atoms with Crippen LogP contribution in [0.15, 0.2) is 54.7 Å². The molecule has 0 aliphatic heterocycles. The molecule has 0 fully saturated rings. The number of benzene rings is 2. The molecule has 1 aromatic heterocycles. The van der Waals surface area contributed by atoms with Gasteiger partial charge in [-0.25, -0.2) is 4.98 Å². The lowest BCUT2D eigenvalue weighted by Crippen LogP contribution is -2.05. The Morgan fingerprint density at radius 2 is 1.92 bits per heavy atom. The Balaban J connectivity index is 1.88. The summed E-state index contributed by atoms with van der Waals surface area (Å²) in [6.07, 6.45) is 4.06. The summed E-state index contributed by atoms with van der Waals surface area (Å²) in [6.45, 7) is 3.68. The Kier molecular flexibility index (Phi) is 4.75. The fraction of sp³-hybridized carbons (Fsp3) is 0.200. The number of aromatic nitrogens is 2. The van der Waals surface area contributed by atoms with Gasteiger partial charge in [0.05, 0.1) is 11.9 Å². The fourth-order valence-corrected chi connectivity index (χ4v) is 2.75. The second kappa shape index (κ2) is 7.13. The van der Waals surface area contributed by atoms with Crippen LogP contribution in [-0.2, 0) is 11.2 Å². The van der Waals surface area contributed by atoms with Gasteiger partial charge in [-0.1, -0.05) is 43.7 Å². The number of carbonyl (C=O) groups is 1. The molecule has 0 saturated heterocycles. The monoisotopic (exact) mass is 319 g/mol. The smallest absolute Gasteiger partial charge is 0.221 e. The normalized spacial score (nSPS) is 10.6. The summed E-state index contributed by atoms with van der Waals surface area (Å²) in [5.41, 5.74) is 5.17. The topological polar surface area (TPSA) is 57.8 Å². The van der Waals surface area contributed by atoms with E-state index in [0.29, 0.717) is 0 Å². The molecule has 0 aliphatic rings. The molecule has 0 aliphatic carbocycles. The van der Waals surface area contributed by atoms with Gasteiger partial charge in [0.1, 0.15) is 5.82 Å². The fourth-order valence-electron chi connectivity index (χ4n) is 2.75. The molecule has 1 heterocycles. The summed E-state index contributed by atoms with van der Waals surface area (Å²) in [6, 6.07) is 16.2. The van der Waals surface area contributed by atoms with Crippen molar-refractivity contribution in [2.24, 2.45) is 0 Å². The van der Waals surface area contributed by atoms with Crippen LogP contribution >= 0.6 is 0 Å². The summed E-state index contributed by atoms with van der Waals surface area (Å²) in [5, 5.41) is 2.79. The van der Waals surface area contributed by atoms with Crippen molar-refractivity contribution in [3.63, 3.8) is 0 Å². The number of imidazole rings is 1. The number of aromatic amines is 1. The van der Waals surface area contributed by atoms with Crippen LogP contribution in [0.1, 0.15) is 25.8 Å². The maximum atomic E-state index is 11.2. The van der Waals surface area contributed by atoms with Crippen molar-refractivity contribution in [2.75, 3.05) is 5.32 Å². The van der Waals surface area contributed by atoms with E-state index in [1.807, 2.05) is 30.5 Å². The molecule has 0 bridgehead atoms. The molecule has 3 rings (SSSR count). The van der Waals surface area contributed by atoms with Gasteiger partial charge in [0.2, 0.25) is 5.91 Å². The molecule has 0 unspecified atom stereocenters.